The van der Waals surface area contributed by atoms with Crippen molar-refractivity contribution in [1.29, 1.82) is 0 Å². The van der Waals surface area contributed by atoms with Crippen molar-refractivity contribution in [2.45, 2.75) is 38.5 Å². The van der Waals surface area contributed by atoms with E-state index in [9.17, 15) is 4.79 Å². The number of hydrogen-bond acceptors (Lipinski definition) is 3. The van der Waals surface area contributed by atoms with Crippen LogP contribution >= 0.6 is 11.6 Å². The minimum Gasteiger partial charge on any atom is -0.478 e. The summed E-state index contributed by atoms with van der Waals surface area (Å²) in [5, 5.41) is 0.455. The fourth-order valence-corrected chi connectivity index (χ4v) is 1.66. The molecule has 1 aromatic rings. The Morgan fingerprint density at radius 2 is 1.94 bits per heavy atom. The minimum atomic E-state index is 0.455. The summed E-state index contributed by atoms with van der Waals surface area (Å²) in [6.07, 6.45) is 7.07. The number of unbranched alkanes of at least 4 members (excludes halogenated alkanes) is 5. The van der Waals surface area contributed by atoms with Crippen LogP contribution < -0.4 is 4.74 Å². The first-order valence-corrected chi connectivity index (χ1v) is 6.39. The summed E-state index contributed by atoms with van der Waals surface area (Å²) in [7, 11) is 0. The van der Waals surface area contributed by atoms with Gasteiger partial charge in [-0.25, -0.2) is 4.98 Å². The molecule has 0 spiro atoms. The average molecular weight is 256 g/mol. The summed E-state index contributed by atoms with van der Waals surface area (Å²) >= 11 is 5.74. The highest BCUT2D eigenvalue weighted by atomic mass is 35.5. The number of carbonyl (C=O) groups excluding carboxylic acids is 1. The van der Waals surface area contributed by atoms with E-state index in [1.165, 1.54) is 0 Å². The zero-order chi connectivity index (χ0) is 12.3. The Labute approximate surface area is 107 Å². The van der Waals surface area contributed by atoms with Gasteiger partial charge in [0, 0.05) is 12.5 Å². The van der Waals surface area contributed by atoms with E-state index in [0.29, 0.717) is 24.1 Å². The first kappa shape index (κ1) is 14.0. The van der Waals surface area contributed by atoms with Crippen molar-refractivity contribution in [2.24, 2.45) is 0 Å². The summed E-state index contributed by atoms with van der Waals surface area (Å²) < 4.78 is 5.46. The fourth-order valence-electron chi connectivity index (χ4n) is 1.51. The zero-order valence-electron chi connectivity index (χ0n) is 9.90. The van der Waals surface area contributed by atoms with Gasteiger partial charge in [-0.05, 0) is 18.9 Å². The second kappa shape index (κ2) is 8.99. The van der Waals surface area contributed by atoms with E-state index in [4.69, 9.17) is 16.3 Å². The third kappa shape index (κ3) is 6.95. The van der Waals surface area contributed by atoms with Crippen LogP contribution in [0, 0.1) is 0 Å². The van der Waals surface area contributed by atoms with E-state index in [-0.39, 0.29) is 0 Å². The number of pyridine rings is 1. The van der Waals surface area contributed by atoms with Crippen molar-refractivity contribution in [3.63, 3.8) is 0 Å². The highest BCUT2D eigenvalue weighted by molar-refractivity contribution is 6.29. The molecule has 1 rings (SSSR count). The van der Waals surface area contributed by atoms with Crippen molar-refractivity contribution in [1.82, 2.24) is 4.98 Å². The van der Waals surface area contributed by atoms with Gasteiger partial charge < -0.3 is 9.53 Å². The summed E-state index contributed by atoms with van der Waals surface area (Å²) in [6, 6.07) is 5.35. The Kier molecular flexibility index (Phi) is 7.39. The predicted octanol–water partition coefficient (Wildman–Crippen LogP) is 3.65. The molecule has 17 heavy (non-hydrogen) atoms. The van der Waals surface area contributed by atoms with E-state index in [1.807, 2.05) is 6.07 Å². The van der Waals surface area contributed by atoms with Crippen LogP contribution in [-0.4, -0.2) is 17.9 Å². The molecule has 0 aliphatic carbocycles. The first-order valence-electron chi connectivity index (χ1n) is 6.02. The Balaban J connectivity index is 1.99. The van der Waals surface area contributed by atoms with Crippen molar-refractivity contribution < 1.29 is 9.53 Å². The molecule has 0 fully saturated rings. The molecule has 0 saturated heterocycles. The van der Waals surface area contributed by atoms with Crippen LogP contribution in [0.5, 0.6) is 5.88 Å². The van der Waals surface area contributed by atoms with E-state index in [0.717, 1.165) is 38.4 Å². The van der Waals surface area contributed by atoms with Gasteiger partial charge in [-0.3, -0.25) is 0 Å². The molecule has 1 aromatic heterocycles. The van der Waals surface area contributed by atoms with Crippen LogP contribution in [0.15, 0.2) is 18.2 Å². The molecule has 0 aliphatic rings. The van der Waals surface area contributed by atoms with Crippen molar-refractivity contribution in [2.75, 3.05) is 6.61 Å². The Morgan fingerprint density at radius 3 is 2.71 bits per heavy atom. The van der Waals surface area contributed by atoms with Gasteiger partial charge in [-0.1, -0.05) is 36.9 Å². The number of nitrogens with zero attached hydrogens (tertiary/aromatic N) is 1. The van der Waals surface area contributed by atoms with Crippen molar-refractivity contribution in [3.8, 4) is 5.88 Å². The van der Waals surface area contributed by atoms with Gasteiger partial charge in [-0.2, -0.15) is 0 Å². The van der Waals surface area contributed by atoms with Gasteiger partial charge in [-0.15, -0.1) is 0 Å². The molecular weight excluding hydrogens is 238 g/mol. The van der Waals surface area contributed by atoms with E-state index >= 15 is 0 Å². The lowest BCUT2D eigenvalue weighted by Crippen LogP contribution is -1.98. The normalized spacial score (nSPS) is 10.2. The van der Waals surface area contributed by atoms with Gasteiger partial charge in [0.2, 0.25) is 5.88 Å². The predicted molar refractivity (Wildman–Crippen MR) is 68.5 cm³/mol. The molecule has 1 heterocycles. The molecule has 0 aliphatic heterocycles. The molecule has 0 radical (unpaired) electrons. The number of aldehydes is 1. The van der Waals surface area contributed by atoms with Gasteiger partial charge >= 0.3 is 0 Å². The molecule has 0 atom stereocenters. The van der Waals surface area contributed by atoms with Crippen LogP contribution in [0.3, 0.4) is 0 Å². The molecule has 94 valence electrons. The number of ether oxygens (including phenoxy) is 1. The van der Waals surface area contributed by atoms with Crippen LogP contribution in [0.4, 0.5) is 0 Å². The molecule has 0 unspecified atom stereocenters. The number of halogens is 1. The van der Waals surface area contributed by atoms with Crippen LogP contribution in [0.25, 0.3) is 0 Å². The fraction of sp³-hybridized carbons (Fsp3) is 0.538. The maximum absolute atomic E-state index is 10.1. The Morgan fingerprint density at radius 1 is 1.18 bits per heavy atom. The van der Waals surface area contributed by atoms with E-state index in [2.05, 4.69) is 4.98 Å². The number of aromatic nitrogens is 1. The van der Waals surface area contributed by atoms with Gasteiger partial charge in [0.15, 0.2) is 0 Å². The maximum Gasteiger partial charge on any atom is 0.214 e. The minimum absolute atomic E-state index is 0.455. The van der Waals surface area contributed by atoms with Crippen LogP contribution in [-0.2, 0) is 4.79 Å². The highest BCUT2D eigenvalue weighted by Crippen LogP contribution is 2.12. The molecular formula is C13H18ClNO2. The Bertz CT molecular complexity index is 331. The van der Waals surface area contributed by atoms with Crippen LogP contribution in [0.2, 0.25) is 5.15 Å². The summed E-state index contributed by atoms with van der Waals surface area (Å²) in [6.45, 7) is 0.668. The summed E-state index contributed by atoms with van der Waals surface area (Å²) in [4.78, 5) is 14.1. The number of rotatable bonds is 9. The van der Waals surface area contributed by atoms with Gasteiger partial charge in [0.1, 0.15) is 11.4 Å². The smallest absolute Gasteiger partial charge is 0.214 e. The van der Waals surface area contributed by atoms with Crippen LogP contribution in [0.1, 0.15) is 38.5 Å². The molecule has 3 nitrogen and oxygen atoms in total. The molecule has 4 heteroatoms. The lowest BCUT2D eigenvalue weighted by Gasteiger charge is -2.04. The molecule has 0 saturated carbocycles. The van der Waals surface area contributed by atoms with Crippen molar-refractivity contribution >= 4 is 17.9 Å². The molecule has 0 amide bonds. The quantitative estimate of drug-likeness (QED) is 0.384. The molecule has 0 aromatic carbocycles. The summed E-state index contributed by atoms with van der Waals surface area (Å²) in [5.74, 6) is 0.582. The molecule has 0 bridgehead atoms. The second-order valence-electron chi connectivity index (χ2n) is 3.87. The lowest BCUT2D eigenvalue weighted by atomic mass is 10.1. The van der Waals surface area contributed by atoms with Gasteiger partial charge in [0.25, 0.3) is 0 Å². The first-order chi connectivity index (χ1) is 8.33. The molecule has 0 N–H and O–H groups in total. The SMILES string of the molecule is O=CCCCCCCCOc1cccc(Cl)n1. The van der Waals surface area contributed by atoms with E-state index in [1.54, 1.807) is 12.1 Å². The Hall–Kier alpha value is -1.09. The third-order valence-electron chi connectivity index (χ3n) is 2.41. The number of hydrogen-bond donors (Lipinski definition) is 0. The third-order valence-corrected chi connectivity index (χ3v) is 2.62. The second-order valence-corrected chi connectivity index (χ2v) is 4.26. The average Bonchev–Trinajstić information content (AvgIpc) is 2.33. The van der Waals surface area contributed by atoms with E-state index < -0.39 is 0 Å². The number of carbonyl (C=O) groups is 1. The maximum atomic E-state index is 10.1. The standard InChI is InChI=1S/C13H18ClNO2/c14-12-8-7-9-13(15-12)17-11-6-4-2-1-3-5-10-16/h7-10H,1-6,11H2. The highest BCUT2D eigenvalue weighted by Gasteiger charge is 1.96. The lowest BCUT2D eigenvalue weighted by molar-refractivity contribution is -0.107. The topological polar surface area (TPSA) is 39.2 Å². The summed E-state index contributed by atoms with van der Waals surface area (Å²) in [5.41, 5.74) is 0. The largest absolute Gasteiger partial charge is 0.478 e. The van der Waals surface area contributed by atoms with Gasteiger partial charge in [0.05, 0.1) is 6.61 Å². The zero-order valence-corrected chi connectivity index (χ0v) is 10.7. The van der Waals surface area contributed by atoms with Crippen molar-refractivity contribution in [3.05, 3.63) is 23.4 Å². The monoisotopic (exact) mass is 255 g/mol.